The van der Waals surface area contributed by atoms with Gasteiger partial charge in [0.2, 0.25) is 0 Å². The summed E-state index contributed by atoms with van der Waals surface area (Å²) in [6.07, 6.45) is 0. The van der Waals surface area contributed by atoms with E-state index in [1.165, 1.54) is 17.0 Å². The molecule has 1 N–H and O–H groups in total. The molecule has 1 amide bonds. The van der Waals surface area contributed by atoms with Gasteiger partial charge in [-0.3, -0.25) is 14.5 Å². The molecule has 0 aromatic heterocycles. The second-order valence-electron chi connectivity index (χ2n) is 9.68. The van der Waals surface area contributed by atoms with E-state index in [0.29, 0.717) is 55.7 Å². The van der Waals surface area contributed by atoms with E-state index >= 15 is 0 Å². The van der Waals surface area contributed by atoms with Crippen LogP contribution in [0.4, 0.5) is 4.39 Å². The quantitative estimate of drug-likeness (QED) is 0.339. The number of aryl methyl sites for hydroxylation is 1. The van der Waals surface area contributed by atoms with Gasteiger partial charge in [-0.2, -0.15) is 0 Å². The van der Waals surface area contributed by atoms with Crippen molar-refractivity contribution in [2.75, 3.05) is 46.0 Å². The zero-order valence-electron chi connectivity index (χ0n) is 21.0. The fraction of sp³-hybridized carbons (Fsp3) is 0.429. The van der Waals surface area contributed by atoms with Crippen LogP contribution in [0.5, 0.6) is 5.75 Å². The van der Waals surface area contributed by atoms with Crippen molar-refractivity contribution in [1.82, 2.24) is 9.80 Å². The third kappa shape index (κ3) is 5.60. The Morgan fingerprint density at radius 2 is 1.81 bits per heavy atom. The zero-order valence-corrected chi connectivity index (χ0v) is 21.0. The van der Waals surface area contributed by atoms with Crippen LogP contribution in [0.1, 0.15) is 36.6 Å². The first kappa shape index (κ1) is 25.9. The number of carbonyl (C=O) groups is 2. The first-order chi connectivity index (χ1) is 17.3. The topological polar surface area (TPSA) is 79.3 Å². The fourth-order valence-corrected chi connectivity index (χ4v) is 4.55. The summed E-state index contributed by atoms with van der Waals surface area (Å²) in [5, 5.41) is 11.3. The number of carbonyl (C=O) groups excluding carboxylic acids is 2. The molecule has 0 spiro atoms. The van der Waals surface area contributed by atoms with E-state index in [4.69, 9.17) is 9.47 Å². The van der Waals surface area contributed by atoms with Crippen LogP contribution < -0.4 is 4.74 Å². The Balaban J connectivity index is 1.69. The molecule has 2 aliphatic rings. The van der Waals surface area contributed by atoms with Gasteiger partial charge in [0.1, 0.15) is 17.3 Å². The molecule has 0 radical (unpaired) electrons. The minimum Gasteiger partial charge on any atom is -0.507 e. The number of halogens is 1. The molecule has 0 bridgehead atoms. The summed E-state index contributed by atoms with van der Waals surface area (Å²) in [5.74, 6) is -1.04. The van der Waals surface area contributed by atoms with Crippen LogP contribution in [-0.4, -0.2) is 72.6 Å². The van der Waals surface area contributed by atoms with E-state index in [1.807, 2.05) is 6.92 Å². The largest absolute Gasteiger partial charge is 0.507 e. The fourth-order valence-electron chi connectivity index (χ4n) is 4.55. The molecule has 2 fully saturated rings. The number of likely N-dealkylation sites (tertiary alicyclic amines) is 1. The number of nitrogens with zero attached hydrogens (tertiary/aromatic N) is 2. The minimum absolute atomic E-state index is 0.00355. The van der Waals surface area contributed by atoms with Gasteiger partial charge in [-0.1, -0.05) is 26.0 Å². The molecule has 7 nitrogen and oxygen atoms in total. The zero-order chi connectivity index (χ0) is 25.8. The third-order valence-corrected chi connectivity index (χ3v) is 6.51. The Morgan fingerprint density at radius 3 is 2.44 bits per heavy atom. The summed E-state index contributed by atoms with van der Waals surface area (Å²) in [6, 6.07) is 10.1. The van der Waals surface area contributed by atoms with Crippen molar-refractivity contribution in [3.05, 3.63) is 70.5 Å². The lowest BCUT2D eigenvalue weighted by atomic mass is 9.94. The van der Waals surface area contributed by atoms with Crippen LogP contribution in [-0.2, 0) is 14.3 Å². The Labute approximate surface area is 211 Å². The maximum Gasteiger partial charge on any atom is 0.295 e. The number of hydrogen-bond donors (Lipinski definition) is 1. The standard InChI is InChI=1S/C28H33FN2O5/c1-18(2)17-36-23-9-6-21(16-19(23)3)26(32)24-25(20-4-7-22(29)8-5-20)31(28(34)27(24)33)11-10-30-12-14-35-15-13-30/h4-9,16,18,25,32H,10-15,17H2,1-3H3/b26-24+/t25-/m0/s1. The van der Waals surface area contributed by atoms with E-state index in [9.17, 15) is 19.1 Å². The summed E-state index contributed by atoms with van der Waals surface area (Å²) in [7, 11) is 0. The monoisotopic (exact) mass is 496 g/mol. The molecule has 1 atom stereocenters. The van der Waals surface area contributed by atoms with Gasteiger partial charge in [0, 0.05) is 31.7 Å². The summed E-state index contributed by atoms with van der Waals surface area (Å²) < 4.78 is 24.9. The third-order valence-electron chi connectivity index (χ3n) is 6.51. The summed E-state index contributed by atoms with van der Waals surface area (Å²) in [6.45, 7) is 10.1. The van der Waals surface area contributed by atoms with Crippen LogP contribution in [0.25, 0.3) is 5.76 Å². The Bertz CT molecular complexity index is 1140. The van der Waals surface area contributed by atoms with Gasteiger partial charge in [0.25, 0.3) is 11.7 Å². The van der Waals surface area contributed by atoms with Crippen molar-refractivity contribution < 1.29 is 28.6 Å². The lowest BCUT2D eigenvalue weighted by Crippen LogP contribution is -2.42. The van der Waals surface area contributed by atoms with E-state index in [1.54, 1.807) is 30.3 Å². The van der Waals surface area contributed by atoms with Crippen molar-refractivity contribution >= 4 is 17.4 Å². The maximum atomic E-state index is 13.7. The first-order valence-electron chi connectivity index (χ1n) is 12.3. The highest BCUT2D eigenvalue weighted by atomic mass is 19.1. The lowest BCUT2D eigenvalue weighted by molar-refractivity contribution is -0.140. The van der Waals surface area contributed by atoms with E-state index in [-0.39, 0.29) is 11.3 Å². The molecular formula is C28H33FN2O5. The first-order valence-corrected chi connectivity index (χ1v) is 12.3. The number of rotatable bonds is 8. The molecule has 192 valence electrons. The summed E-state index contributed by atoms with van der Waals surface area (Å²) in [4.78, 5) is 30.0. The number of amides is 1. The van der Waals surface area contributed by atoms with Crippen LogP contribution in [0.2, 0.25) is 0 Å². The second-order valence-corrected chi connectivity index (χ2v) is 9.68. The number of benzene rings is 2. The molecule has 2 aromatic rings. The van der Waals surface area contributed by atoms with Gasteiger partial charge in [-0.15, -0.1) is 0 Å². The number of aliphatic hydroxyl groups excluding tert-OH is 1. The van der Waals surface area contributed by atoms with Crippen LogP contribution in [0.15, 0.2) is 48.0 Å². The Kier molecular flexibility index (Phi) is 8.06. The van der Waals surface area contributed by atoms with Gasteiger partial charge in [-0.25, -0.2) is 4.39 Å². The highest BCUT2D eigenvalue weighted by Gasteiger charge is 2.46. The maximum absolute atomic E-state index is 13.7. The smallest absolute Gasteiger partial charge is 0.295 e. The average molecular weight is 497 g/mol. The van der Waals surface area contributed by atoms with Gasteiger partial charge in [0.05, 0.1) is 31.4 Å². The van der Waals surface area contributed by atoms with Gasteiger partial charge < -0.3 is 19.5 Å². The molecule has 2 heterocycles. The lowest BCUT2D eigenvalue weighted by Gasteiger charge is -2.31. The number of ketones is 1. The van der Waals surface area contributed by atoms with Crippen LogP contribution in [0, 0.1) is 18.7 Å². The molecule has 4 rings (SSSR count). The highest BCUT2D eigenvalue weighted by molar-refractivity contribution is 6.46. The molecule has 0 aliphatic carbocycles. The number of ether oxygens (including phenoxy) is 2. The number of Topliss-reactive ketones (excluding diaryl/α,β-unsaturated/α-hetero) is 1. The molecular weight excluding hydrogens is 463 g/mol. The Hall–Kier alpha value is -3.23. The number of hydrogen-bond acceptors (Lipinski definition) is 6. The average Bonchev–Trinajstić information content (AvgIpc) is 3.12. The molecule has 36 heavy (non-hydrogen) atoms. The Morgan fingerprint density at radius 1 is 1.11 bits per heavy atom. The predicted octanol–water partition coefficient (Wildman–Crippen LogP) is 3.92. The molecule has 2 saturated heterocycles. The minimum atomic E-state index is -0.816. The normalized spacial score (nSPS) is 20.4. The molecule has 2 aromatic carbocycles. The second kappa shape index (κ2) is 11.2. The van der Waals surface area contributed by atoms with Crippen molar-refractivity contribution in [2.24, 2.45) is 5.92 Å². The van der Waals surface area contributed by atoms with Crippen LogP contribution in [0.3, 0.4) is 0 Å². The van der Waals surface area contributed by atoms with E-state index in [2.05, 4.69) is 18.7 Å². The number of aliphatic hydroxyl groups is 1. The van der Waals surface area contributed by atoms with E-state index < -0.39 is 23.5 Å². The van der Waals surface area contributed by atoms with Gasteiger partial charge in [0.15, 0.2) is 0 Å². The van der Waals surface area contributed by atoms with Crippen molar-refractivity contribution in [2.45, 2.75) is 26.8 Å². The van der Waals surface area contributed by atoms with Crippen molar-refractivity contribution in [1.29, 1.82) is 0 Å². The summed E-state index contributed by atoms with van der Waals surface area (Å²) in [5.41, 5.74) is 1.79. The SMILES string of the molecule is Cc1cc(/C(O)=C2\C(=O)C(=O)N(CCN3CCOCC3)[C@H]2c2ccc(F)cc2)ccc1OCC(C)C. The molecule has 2 aliphatic heterocycles. The van der Waals surface area contributed by atoms with E-state index in [0.717, 1.165) is 18.7 Å². The van der Waals surface area contributed by atoms with Crippen molar-refractivity contribution in [3.63, 3.8) is 0 Å². The number of morpholine rings is 1. The predicted molar refractivity (Wildman–Crippen MR) is 134 cm³/mol. The van der Waals surface area contributed by atoms with Crippen LogP contribution >= 0.6 is 0 Å². The molecule has 0 unspecified atom stereocenters. The molecule has 8 heteroatoms. The molecule has 0 saturated carbocycles. The van der Waals surface area contributed by atoms with Gasteiger partial charge >= 0.3 is 0 Å². The summed E-state index contributed by atoms with van der Waals surface area (Å²) >= 11 is 0. The van der Waals surface area contributed by atoms with Gasteiger partial charge in [-0.05, 0) is 54.3 Å². The highest BCUT2D eigenvalue weighted by Crippen LogP contribution is 2.39. The van der Waals surface area contributed by atoms with Crippen molar-refractivity contribution in [3.8, 4) is 5.75 Å².